The van der Waals surface area contributed by atoms with Gasteiger partial charge < -0.3 is 14.6 Å². The van der Waals surface area contributed by atoms with Crippen LogP contribution in [-0.2, 0) is 14.3 Å². The van der Waals surface area contributed by atoms with Gasteiger partial charge in [0.2, 0.25) is 0 Å². The maximum absolute atomic E-state index is 12.1. The molecule has 0 aromatic rings. The second kappa shape index (κ2) is 8.36. The summed E-state index contributed by atoms with van der Waals surface area (Å²) in [6.45, 7) is 7.86. The molecule has 0 aromatic carbocycles. The van der Waals surface area contributed by atoms with Crippen LogP contribution < -0.4 is 0 Å². The molecule has 1 aliphatic rings. The standard InChI is InChI=1S/C16H29NO5/c1-5-6-7-8-9-21-14(19)13-10-12(18)11-17(13)15(20)22-16(2,3)4/h12-13,18H,5-11H2,1-4H3. The van der Waals surface area contributed by atoms with Crippen LogP contribution in [0.1, 0.15) is 59.8 Å². The highest BCUT2D eigenvalue weighted by Crippen LogP contribution is 2.22. The lowest BCUT2D eigenvalue weighted by Gasteiger charge is -2.27. The summed E-state index contributed by atoms with van der Waals surface area (Å²) in [6, 6.07) is -0.754. The van der Waals surface area contributed by atoms with Gasteiger partial charge in [-0.25, -0.2) is 9.59 Å². The molecule has 1 rings (SSSR count). The van der Waals surface area contributed by atoms with Crippen molar-refractivity contribution in [3.05, 3.63) is 0 Å². The molecule has 1 fully saturated rings. The summed E-state index contributed by atoms with van der Waals surface area (Å²) in [6.07, 6.45) is 2.97. The average Bonchev–Trinajstić information content (AvgIpc) is 2.78. The van der Waals surface area contributed by atoms with Crippen LogP contribution in [0.2, 0.25) is 0 Å². The van der Waals surface area contributed by atoms with Crippen LogP contribution in [-0.4, -0.2) is 53.0 Å². The van der Waals surface area contributed by atoms with Crippen LogP contribution in [0.25, 0.3) is 0 Å². The van der Waals surface area contributed by atoms with Crippen LogP contribution in [0.15, 0.2) is 0 Å². The summed E-state index contributed by atoms with van der Waals surface area (Å²) in [7, 11) is 0. The van der Waals surface area contributed by atoms with Crippen molar-refractivity contribution in [1.29, 1.82) is 0 Å². The average molecular weight is 315 g/mol. The molecular weight excluding hydrogens is 286 g/mol. The van der Waals surface area contributed by atoms with E-state index in [2.05, 4.69) is 6.92 Å². The van der Waals surface area contributed by atoms with Gasteiger partial charge in [-0.05, 0) is 27.2 Å². The number of rotatable bonds is 6. The molecule has 1 amide bonds. The van der Waals surface area contributed by atoms with Crippen LogP contribution >= 0.6 is 0 Å². The molecule has 0 radical (unpaired) electrons. The van der Waals surface area contributed by atoms with Crippen molar-refractivity contribution in [2.24, 2.45) is 0 Å². The van der Waals surface area contributed by atoms with E-state index in [0.717, 1.165) is 25.7 Å². The lowest BCUT2D eigenvalue weighted by molar-refractivity contribution is -0.149. The van der Waals surface area contributed by atoms with Crippen molar-refractivity contribution in [3.8, 4) is 0 Å². The Morgan fingerprint density at radius 2 is 1.91 bits per heavy atom. The molecule has 6 nitrogen and oxygen atoms in total. The Bertz CT molecular complexity index is 377. The van der Waals surface area contributed by atoms with Crippen molar-refractivity contribution in [1.82, 2.24) is 4.90 Å². The predicted octanol–water partition coefficient (Wildman–Crippen LogP) is 2.48. The molecule has 1 heterocycles. The van der Waals surface area contributed by atoms with Crippen molar-refractivity contribution in [3.63, 3.8) is 0 Å². The molecule has 0 spiro atoms. The van der Waals surface area contributed by atoms with Gasteiger partial charge in [0.1, 0.15) is 11.6 Å². The molecule has 6 heteroatoms. The zero-order valence-corrected chi connectivity index (χ0v) is 14.1. The Kier molecular flexibility index (Phi) is 7.13. The third-order valence-electron chi connectivity index (χ3n) is 3.42. The van der Waals surface area contributed by atoms with Gasteiger partial charge in [-0.15, -0.1) is 0 Å². The molecule has 1 aliphatic heterocycles. The smallest absolute Gasteiger partial charge is 0.411 e. The highest BCUT2D eigenvalue weighted by Gasteiger charge is 2.41. The molecule has 22 heavy (non-hydrogen) atoms. The number of hydrogen-bond donors (Lipinski definition) is 1. The van der Waals surface area contributed by atoms with E-state index in [4.69, 9.17) is 9.47 Å². The number of hydrogen-bond acceptors (Lipinski definition) is 5. The molecule has 2 atom stereocenters. The van der Waals surface area contributed by atoms with E-state index in [0.29, 0.717) is 6.61 Å². The van der Waals surface area contributed by atoms with E-state index in [1.807, 2.05) is 0 Å². The Morgan fingerprint density at radius 3 is 2.50 bits per heavy atom. The number of carbonyl (C=O) groups is 2. The lowest BCUT2D eigenvalue weighted by Crippen LogP contribution is -2.44. The number of likely N-dealkylation sites (tertiary alicyclic amines) is 1. The fourth-order valence-electron chi connectivity index (χ4n) is 2.36. The normalized spacial score (nSPS) is 21.8. The number of aliphatic hydroxyl groups is 1. The van der Waals surface area contributed by atoms with Gasteiger partial charge in [-0.1, -0.05) is 26.2 Å². The first kappa shape index (κ1) is 18.7. The molecule has 1 saturated heterocycles. The van der Waals surface area contributed by atoms with Crippen LogP contribution in [0.5, 0.6) is 0 Å². The molecule has 0 aliphatic carbocycles. The van der Waals surface area contributed by atoms with Crippen LogP contribution in [0.3, 0.4) is 0 Å². The Morgan fingerprint density at radius 1 is 1.23 bits per heavy atom. The molecule has 0 saturated carbocycles. The highest BCUT2D eigenvalue weighted by molar-refractivity contribution is 5.82. The predicted molar refractivity (Wildman–Crippen MR) is 82.5 cm³/mol. The summed E-state index contributed by atoms with van der Waals surface area (Å²) in [5.74, 6) is -0.459. The number of β-amino-alcohol motifs (C(OH)–C–C–N with tert-alkyl or cyclic N) is 1. The second-order valence-electron chi connectivity index (χ2n) is 6.77. The summed E-state index contributed by atoms with van der Waals surface area (Å²) < 4.78 is 10.5. The van der Waals surface area contributed by atoms with Crippen LogP contribution in [0.4, 0.5) is 4.79 Å². The van der Waals surface area contributed by atoms with Gasteiger partial charge in [-0.2, -0.15) is 0 Å². The van der Waals surface area contributed by atoms with Gasteiger partial charge in [0.15, 0.2) is 0 Å². The van der Waals surface area contributed by atoms with Gasteiger partial charge in [0, 0.05) is 6.42 Å². The summed E-state index contributed by atoms with van der Waals surface area (Å²) >= 11 is 0. The maximum Gasteiger partial charge on any atom is 0.411 e. The van der Waals surface area contributed by atoms with E-state index in [1.54, 1.807) is 20.8 Å². The number of nitrogens with zero attached hydrogens (tertiary/aromatic N) is 1. The monoisotopic (exact) mass is 315 g/mol. The van der Waals surface area contributed by atoms with E-state index >= 15 is 0 Å². The SMILES string of the molecule is CCCCCCOC(=O)C1CC(O)CN1C(=O)OC(C)(C)C. The fraction of sp³-hybridized carbons (Fsp3) is 0.875. The number of ether oxygens (including phenoxy) is 2. The number of unbranched alkanes of at least 4 members (excludes halogenated alkanes) is 3. The van der Waals surface area contributed by atoms with Crippen molar-refractivity contribution in [2.45, 2.75) is 77.5 Å². The Labute approximate surface area is 132 Å². The van der Waals surface area contributed by atoms with Crippen molar-refractivity contribution in [2.75, 3.05) is 13.2 Å². The van der Waals surface area contributed by atoms with E-state index < -0.39 is 29.8 Å². The zero-order chi connectivity index (χ0) is 16.8. The molecule has 2 unspecified atom stereocenters. The number of aliphatic hydroxyl groups excluding tert-OH is 1. The van der Waals surface area contributed by atoms with Gasteiger partial charge in [0.25, 0.3) is 0 Å². The second-order valence-corrected chi connectivity index (χ2v) is 6.77. The third kappa shape index (κ3) is 6.22. The topological polar surface area (TPSA) is 76.1 Å². The van der Waals surface area contributed by atoms with Gasteiger partial charge in [-0.3, -0.25) is 4.90 Å². The van der Waals surface area contributed by atoms with E-state index in [-0.39, 0.29) is 13.0 Å². The van der Waals surface area contributed by atoms with E-state index in [1.165, 1.54) is 4.90 Å². The lowest BCUT2D eigenvalue weighted by atomic mass is 10.2. The molecular formula is C16H29NO5. The van der Waals surface area contributed by atoms with Gasteiger partial charge in [0.05, 0.1) is 19.3 Å². The van der Waals surface area contributed by atoms with Crippen LogP contribution in [0, 0.1) is 0 Å². The Hall–Kier alpha value is -1.30. The summed E-state index contributed by atoms with van der Waals surface area (Å²) in [5, 5.41) is 9.75. The first-order valence-electron chi connectivity index (χ1n) is 8.09. The first-order chi connectivity index (χ1) is 10.2. The molecule has 128 valence electrons. The van der Waals surface area contributed by atoms with Gasteiger partial charge >= 0.3 is 12.1 Å². The number of carbonyl (C=O) groups excluding carboxylic acids is 2. The third-order valence-corrected chi connectivity index (χ3v) is 3.42. The quantitative estimate of drug-likeness (QED) is 0.602. The minimum atomic E-state index is -0.754. The Balaban J connectivity index is 2.51. The maximum atomic E-state index is 12.1. The summed E-state index contributed by atoms with van der Waals surface area (Å²) in [5.41, 5.74) is -0.640. The van der Waals surface area contributed by atoms with Crippen molar-refractivity contribution < 1.29 is 24.2 Å². The number of esters is 1. The highest BCUT2D eigenvalue weighted by atomic mass is 16.6. The fourth-order valence-corrected chi connectivity index (χ4v) is 2.36. The molecule has 1 N–H and O–H groups in total. The minimum Gasteiger partial charge on any atom is -0.464 e. The van der Waals surface area contributed by atoms with Crippen molar-refractivity contribution >= 4 is 12.1 Å². The zero-order valence-electron chi connectivity index (χ0n) is 14.1. The largest absolute Gasteiger partial charge is 0.464 e. The summed E-state index contributed by atoms with van der Waals surface area (Å²) in [4.78, 5) is 25.5. The first-order valence-corrected chi connectivity index (χ1v) is 8.09. The number of amides is 1. The van der Waals surface area contributed by atoms with E-state index in [9.17, 15) is 14.7 Å². The molecule has 0 bridgehead atoms. The minimum absolute atomic E-state index is 0.102. The molecule has 0 aromatic heterocycles.